The second-order valence-electron chi connectivity index (χ2n) is 4.19. The van der Waals surface area contributed by atoms with Gasteiger partial charge in [0.05, 0.1) is 5.69 Å². The average Bonchev–Trinajstić information content (AvgIpc) is 2.78. The largest absolute Gasteiger partial charge is 0.326 e. The van der Waals surface area contributed by atoms with E-state index in [0.29, 0.717) is 11.7 Å². The zero-order valence-electron chi connectivity index (χ0n) is 11.3. The van der Waals surface area contributed by atoms with Gasteiger partial charge in [0.1, 0.15) is 0 Å². The molecule has 0 radical (unpaired) electrons. The van der Waals surface area contributed by atoms with E-state index in [-0.39, 0.29) is 5.03 Å². The third kappa shape index (κ3) is 3.14. The quantitative estimate of drug-likeness (QED) is 0.875. The van der Waals surface area contributed by atoms with Gasteiger partial charge in [-0.3, -0.25) is 4.72 Å². The summed E-state index contributed by atoms with van der Waals surface area (Å²) in [6.45, 7) is 4.22. The third-order valence-electron chi connectivity index (χ3n) is 2.76. The Morgan fingerprint density at radius 2 is 2.15 bits per heavy atom. The first-order chi connectivity index (χ1) is 9.46. The van der Waals surface area contributed by atoms with E-state index in [1.165, 1.54) is 23.6 Å². The molecule has 6 nitrogen and oxygen atoms in total. The van der Waals surface area contributed by atoms with Gasteiger partial charge in [0.2, 0.25) is 0 Å². The molecule has 3 N–H and O–H groups in total. The Morgan fingerprint density at radius 3 is 2.65 bits per heavy atom. The maximum atomic E-state index is 12.2. The Morgan fingerprint density at radius 1 is 1.40 bits per heavy atom. The molecule has 0 bridgehead atoms. The summed E-state index contributed by atoms with van der Waals surface area (Å²) in [5.41, 5.74) is 7.14. The van der Waals surface area contributed by atoms with Gasteiger partial charge in [-0.2, -0.15) is 8.42 Å². The molecule has 0 fully saturated rings. The minimum absolute atomic E-state index is 0.0411. The second-order valence-corrected chi connectivity index (χ2v) is 7.02. The molecule has 8 heteroatoms. The SMILES string of the molecule is CCc1nc(NS(=O)(=O)c2ccc(CN)cn2)sc1C. The van der Waals surface area contributed by atoms with E-state index < -0.39 is 10.0 Å². The first-order valence-corrected chi connectivity index (χ1v) is 8.40. The highest BCUT2D eigenvalue weighted by molar-refractivity contribution is 7.92. The molecule has 0 aromatic carbocycles. The zero-order chi connectivity index (χ0) is 14.8. The molecule has 2 rings (SSSR count). The smallest absolute Gasteiger partial charge is 0.281 e. The molecule has 0 saturated carbocycles. The number of aryl methyl sites for hydroxylation is 2. The zero-order valence-corrected chi connectivity index (χ0v) is 12.9. The molecule has 0 aliphatic carbocycles. The Kier molecular flexibility index (Phi) is 4.36. The van der Waals surface area contributed by atoms with Crippen LogP contribution in [0, 0.1) is 6.92 Å². The maximum Gasteiger partial charge on any atom is 0.281 e. The van der Waals surface area contributed by atoms with Gasteiger partial charge in [0, 0.05) is 17.6 Å². The van der Waals surface area contributed by atoms with Crippen molar-refractivity contribution >= 4 is 26.5 Å². The summed E-state index contributed by atoms with van der Waals surface area (Å²) in [6.07, 6.45) is 2.23. The number of pyridine rings is 1. The first kappa shape index (κ1) is 14.9. The number of hydrogen-bond donors (Lipinski definition) is 2. The lowest BCUT2D eigenvalue weighted by Gasteiger charge is -2.04. The number of nitrogens with two attached hydrogens (primary N) is 1. The first-order valence-electron chi connectivity index (χ1n) is 6.10. The van der Waals surface area contributed by atoms with Crippen LogP contribution in [0.5, 0.6) is 0 Å². The topological polar surface area (TPSA) is 98.0 Å². The van der Waals surface area contributed by atoms with Crippen LogP contribution in [0.25, 0.3) is 0 Å². The van der Waals surface area contributed by atoms with Crippen molar-refractivity contribution in [2.45, 2.75) is 31.8 Å². The number of nitrogens with one attached hydrogen (secondary N) is 1. The summed E-state index contributed by atoms with van der Waals surface area (Å²) in [4.78, 5) is 9.18. The summed E-state index contributed by atoms with van der Waals surface area (Å²) < 4.78 is 26.8. The van der Waals surface area contributed by atoms with Gasteiger partial charge in [0.25, 0.3) is 10.0 Å². The molecule has 0 aliphatic heterocycles. The van der Waals surface area contributed by atoms with E-state index in [1.807, 2.05) is 13.8 Å². The molecular formula is C12H16N4O2S2. The summed E-state index contributed by atoms with van der Waals surface area (Å²) >= 11 is 1.32. The summed E-state index contributed by atoms with van der Waals surface area (Å²) in [7, 11) is -3.70. The van der Waals surface area contributed by atoms with Crippen LogP contribution in [0.3, 0.4) is 0 Å². The predicted octanol–water partition coefficient (Wildman–Crippen LogP) is 1.67. The second kappa shape index (κ2) is 5.86. The highest BCUT2D eigenvalue weighted by Gasteiger charge is 2.18. The van der Waals surface area contributed by atoms with Crippen LogP contribution in [0.2, 0.25) is 0 Å². The molecule has 2 aromatic rings. The van der Waals surface area contributed by atoms with Crippen LogP contribution < -0.4 is 10.5 Å². The van der Waals surface area contributed by atoms with Crippen molar-refractivity contribution in [2.75, 3.05) is 4.72 Å². The van der Waals surface area contributed by atoms with Gasteiger partial charge in [-0.15, -0.1) is 11.3 Å². The fourth-order valence-electron chi connectivity index (χ4n) is 1.66. The number of aromatic nitrogens is 2. The van der Waals surface area contributed by atoms with Gasteiger partial charge in [-0.05, 0) is 25.0 Å². The monoisotopic (exact) mass is 312 g/mol. The molecule has 2 aromatic heterocycles. The van der Waals surface area contributed by atoms with Crippen molar-refractivity contribution in [2.24, 2.45) is 5.73 Å². The summed E-state index contributed by atoms with van der Waals surface area (Å²) in [6, 6.07) is 3.08. The highest BCUT2D eigenvalue weighted by Crippen LogP contribution is 2.24. The molecule has 0 atom stereocenters. The normalized spacial score (nSPS) is 11.6. The van der Waals surface area contributed by atoms with Gasteiger partial charge in [0.15, 0.2) is 10.2 Å². The van der Waals surface area contributed by atoms with Crippen LogP contribution in [-0.2, 0) is 23.0 Å². The summed E-state index contributed by atoms with van der Waals surface area (Å²) in [5, 5.41) is 0.324. The molecule has 0 aliphatic rings. The number of hydrogen-bond acceptors (Lipinski definition) is 6. The highest BCUT2D eigenvalue weighted by atomic mass is 32.2. The number of anilines is 1. The number of rotatable bonds is 5. The van der Waals surface area contributed by atoms with Crippen molar-refractivity contribution in [3.8, 4) is 0 Å². The third-order valence-corrected chi connectivity index (χ3v) is 5.07. The van der Waals surface area contributed by atoms with Crippen molar-refractivity contribution in [3.63, 3.8) is 0 Å². The Bertz CT molecular complexity index is 693. The molecule has 0 saturated heterocycles. The fraction of sp³-hybridized carbons (Fsp3) is 0.333. The molecule has 0 spiro atoms. The maximum absolute atomic E-state index is 12.2. The van der Waals surface area contributed by atoms with Crippen LogP contribution in [0.15, 0.2) is 23.4 Å². The Balaban J connectivity index is 2.25. The van der Waals surface area contributed by atoms with Crippen LogP contribution in [0.4, 0.5) is 5.13 Å². The molecule has 108 valence electrons. The fourth-order valence-corrected chi connectivity index (χ4v) is 3.73. The lowest BCUT2D eigenvalue weighted by Crippen LogP contribution is -2.14. The van der Waals surface area contributed by atoms with Crippen molar-refractivity contribution in [3.05, 3.63) is 34.5 Å². The van der Waals surface area contributed by atoms with E-state index in [9.17, 15) is 8.42 Å². The average molecular weight is 312 g/mol. The Hall–Kier alpha value is -1.51. The lowest BCUT2D eigenvalue weighted by atomic mass is 10.3. The molecule has 0 amide bonds. The van der Waals surface area contributed by atoms with Crippen LogP contribution in [-0.4, -0.2) is 18.4 Å². The minimum Gasteiger partial charge on any atom is -0.326 e. The number of thiazole rings is 1. The van der Waals surface area contributed by atoms with Gasteiger partial charge in [-0.25, -0.2) is 9.97 Å². The summed E-state index contributed by atoms with van der Waals surface area (Å²) in [5.74, 6) is 0. The van der Waals surface area contributed by atoms with Crippen molar-refractivity contribution in [1.82, 2.24) is 9.97 Å². The van der Waals surface area contributed by atoms with Gasteiger partial charge >= 0.3 is 0 Å². The number of nitrogens with zero attached hydrogens (tertiary/aromatic N) is 2. The lowest BCUT2D eigenvalue weighted by molar-refractivity contribution is 0.597. The van der Waals surface area contributed by atoms with Gasteiger partial charge < -0.3 is 5.73 Å². The van der Waals surface area contributed by atoms with Crippen LogP contribution >= 0.6 is 11.3 Å². The van der Waals surface area contributed by atoms with Crippen molar-refractivity contribution < 1.29 is 8.42 Å². The Labute approximate surface area is 122 Å². The van der Waals surface area contributed by atoms with E-state index in [1.54, 1.807) is 6.07 Å². The molecule has 2 heterocycles. The van der Waals surface area contributed by atoms with E-state index in [4.69, 9.17) is 5.73 Å². The number of sulfonamides is 1. The molecule has 20 heavy (non-hydrogen) atoms. The molecule has 0 unspecified atom stereocenters. The van der Waals surface area contributed by atoms with E-state index in [2.05, 4.69) is 14.7 Å². The molecular weight excluding hydrogens is 296 g/mol. The van der Waals surface area contributed by atoms with Crippen LogP contribution in [0.1, 0.15) is 23.1 Å². The predicted molar refractivity (Wildman–Crippen MR) is 79.2 cm³/mol. The van der Waals surface area contributed by atoms with E-state index in [0.717, 1.165) is 22.6 Å². The van der Waals surface area contributed by atoms with Gasteiger partial charge in [-0.1, -0.05) is 13.0 Å². The van der Waals surface area contributed by atoms with E-state index >= 15 is 0 Å². The standard InChI is InChI=1S/C12H16N4O2S2/c1-3-10-8(2)19-12(15-10)16-20(17,18)11-5-4-9(6-13)7-14-11/h4-5,7H,3,6,13H2,1-2H3,(H,15,16). The minimum atomic E-state index is -3.70. The van der Waals surface area contributed by atoms with Crippen molar-refractivity contribution in [1.29, 1.82) is 0 Å².